The first-order valence-corrected chi connectivity index (χ1v) is 8.08. The van der Waals surface area contributed by atoms with Crippen molar-refractivity contribution < 1.29 is 9.72 Å². The van der Waals surface area contributed by atoms with Crippen LogP contribution in [0.3, 0.4) is 0 Å². The van der Waals surface area contributed by atoms with Crippen LogP contribution in [0.1, 0.15) is 0 Å². The number of nitrogens with zero attached hydrogens (tertiary/aromatic N) is 3. The fourth-order valence-corrected chi connectivity index (χ4v) is 2.75. The lowest BCUT2D eigenvalue weighted by Gasteiger charge is -2.10. The zero-order valence-corrected chi connectivity index (χ0v) is 13.9. The first kappa shape index (κ1) is 16.4. The molecule has 2 heterocycles. The molecule has 0 unspecified atom stereocenters. The topological polar surface area (TPSA) is 110 Å². The molecular formula is C19H13N5O3. The highest BCUT2D eigenvalue weighted by Gasteiger charge is 2.20. The van der Waals surface area contributed by atoms with Gasteiger partial charge in [-0.1, -0.05) is 36.4 Å². The second kappa shape index (κ2) is 6.68. The lowest BCUT2D eigenvalue weighted by molar-refractivity contribution is -0.385. The number of carbonyl (C=O) groups excluding carboxylic acids is 1. The second-order valence-electron chi connectivity index (χ2n) is 5.76. The number of amidine groups is 1. The van der Waals surface area contributed by atoms with Gasteiger partial charge < -0.3 is 10.6 Å². The minimum atomic E-state index is -0.552. The number of hydrogen-bond acceptors (Lipinski definition) is 6. The van der Waals surface area contributed by atoms with E-state index < -0.39 is 10.8 Å². The van der Waals surface area contributed by atoms with E-state index in [4.69, 9.17) is 0 Å². The van der Waals surface area contributed by atoms with Crippen molar-refractivity contribution in [1.29, 1.82) is 0 Å². The summed E-state index contributed by atoms with van der Waals surface area (Å²) >= 11 is 0. The number of hydrogen-bond donors (Lipinski definition) is 2. The van der Waals surface area contributed by atoms with Gasteiger partial charge in [0.2, 0.25) is 0 Å². The second-order valence-corrected chi connectivity index (χ2v) is 5.76. The molecule has 132 valence electrons. The van der Waals surface area contributed by atoms with Gasteiger partial charge in [0.25, 0.3) is 11.6 Å². The molecule has 0 atom stereocenters. The average molecular weight is 359 g/mol. The van der Waals surface area contributed by atoms with Crippen LogP contribution in [0.2, 0.25) is 0 Å². The van der Waals surface area contributed by atoms with Crippen LogP contribution < -0.4 is 10.6 Å². The standard InChI is InChI=1S/C19H13N5O3/c25-19(23-17-10-9-12(11-20-17)24(26)27)18-21-15-7-3-1-5-13(15)14-6-2-4-8-16(14)22-18/h1-11H,(H,21,22)(H,20,23,25). The highest BCUT2D eigenvalue weighted by Crippen LogP contribution is 2.37. The van der Waals surface area contributed by atoms with E-state index in [9.17, 15) is 14.9 Å². The molecule has 2 N–H and O–H groups in total. The summed E-state index contributed by atoms with van der Waals surface area (Å²) in [5.41, 5.74) is 3.12. The molecule has 8 heteroatoms. The van der Waals surface area contributed by atoms with E-state index >= 15 is 0 Å². The van der Waals surface area contributed by atoms with Gasteiger partial charge in [-0.15, -0.1) is 0 Å². The molecule has 1 aliphatic rings. The molecule has 1 aliphatic heterocycles. The average Bonchev–Trinajstić information content (AvgIpc) is 2.85. The minimum absolute atomic E-state index is 0.104. The molecule has 0 saturated heterocycles. The molecule has 0 saturated carbocycles. The summed E-state index contributed by atoms with van der Waals surface area (Å²) in [6.07, 6.45) is 1.09. The molecule has 3 aromatic rings. The van der Waals surface area contributed by atoms with Crippen LogP contribution >= 0.6 is 0 Å². The number of nitro groups is 1. The van der Waals surface area contributed by atoms with E-state index in [0.29, 0.717) is 5.69 Å². The SMILES string of the molecule is O=C(Nc1ccc([N+](=O)[O-])cn1)C1=Nc2ccccc2-c2ccccc2N1. The molecule has 0 spiro atoms. The number of anilines is 2. The Hall–Kier alpha value is -4.07. The third-order valence-corrected chi connectivity index (χ3v) is 4.02. The van der Waals surface area contributed by atoms with Gasteiger partial charge >= 0.3 is 0 Å². The van der Waals surface area contributed by atoms with Gasteiger partial charge in [0.15, 0.2) is 5.84 Å². The number of benzene rings is 2. The number of rotatable bonds is 3. The summed E-state index contributed by atoms with van der Waals surface area (Å²) < 4.78 is 0. The van der Waals surface area contributed by atoms with Gasteiger partial charge in [-0.05, 0) is 18.2 Å². The van der Waals surface area contributed by atoms with E-state index in [2.05, 4.69) is 20.6 Å². The maximum Gasteiger partial charge on any atom is 0.292 e. The van der Waals surface area contributed by atoms with Gasteiger partial charge in [0.05, 0.1) is 10.6 Å². The maximum atomic E-state index is 12.7. The maximum absolute atomic E-state index is 12.7. The summed E-state index contributed by atoms with van der Waals surface area (Å²) in [5, 5.41) is 16.4. The number of amides is 1. The molecular weight excluding hydrogens is 346 g/mol. The smallest absolute Gasteiger partial charge is 0.292 e. The minimum Gasteiger partial charge on any atom is -0.335 e. The van der Waals surface area contributed by atoms with Crippen molar-refractivity contribution >= 4 is 34.6 Å². The zero-order valence-electron chi connectivity index (χ0n) is 13.9. The van der Waals surface area contributed by atoms with Crippen molar-refractivity contribution in [1.82, 2.24) is 4.98 Å². The summed E-state index contributed by atoms with van der Waals surface area (Å²) in [6, 6.07) is 17.8. The molecule has 2 aromatic carbocycles. The normalized spacial score (nSPS) is 11.9. The monoisotopic (exact) mass is 359 g/mol. The Bertz CT molecular complexity index is 1080. The Kier molecular flexibility index (Phi) is 4.06. The van der Waals surface area contributed by atoms with E-state index in [1.54, 1.807) is 0 Å². The zero-order chi connectivity index (χ0) is 18.8. The molecule has 4 rings (SSSR count). The highest BCUT2D eigenvalue weighted by atomic mass is 16.6. The highest BCUT2D eigenvalue weighted by molar-refractivity contribution is 6.47. The Morgan fingerprint density at radius 1 is 1.00 bits per heavy atom. The molecule has 0 fully saturated rings. The Balaban J connectivity index is 1.66. The Labute approximate surface area is 153 Å². The largest absolute Gasteiger partial charge is 0.335 e. The molecule has 0 radical (unpaired) electrons. The Morgan fingerprint density at radius 2 is 1.74 bits per heavy atom. The molecule has 0 aliphatic carbocycles. The van der Waals surface area contributed by atoms with Crippen molar-refractivity contribution in [2.45, 2.75) is 0 Å². The first-order valence-electron chi connectivity index (χ1n) is 8.08. The summed E-state index contributed by atoms with van der Waals surface area (Å²) in [4.78, 5) is 31.2. The third kappa shape index (κ3) is 3.23. The van der Waals surface area contributed by atoms with Crippen LogP contribution in [0.5, 0.6) is 0 Å². The van der Waals surface area contributed by atoms with Crippen LogP contribution in [0.15, 0.2) is 71.9 Å². The number of fused-ring (bicyclic) bond motifs is 3. The first-order chi connectivity index (χ1) is 13.1. The molecule has 1 aromatic heterocycles. The van der Waals surface area contributed by atoms with Crippen molar-refractivity contribution in [3.8, 4) is 11.1 Å². The van der Waals surface area contributed by atoms with Crippen LogP contribution in [-0.2, 0) is 4.79 Å². The van der Waals surface area contributed by atoms with E-state index in [-0.39, 0.29) is 17.3 Å². The lowest BCUT2D eigenvalue weighted by Crippen LogP contribution is -2.29. The van der Waals surface area contributed by atoms with Crippen molar-refractivity contribution in [2.24, 2.45) is 4.99 Å². The summed E-state index contributed by atoms with van der Waals surface area (Å²) in [5.74, 6) is -0.198. The fraction of sp³-hybridized carbons (Fsp3) is 0. The van der Waals surface area contributed by atoms with Crippen molar-refractivity contribution in [2.75, 3.05) is 10.6 Å². The summed E-state index contributed by atoms with van der Waals surface area (Å²) in [6.45, 7) is 0. The Morgan fingerprint density at radius 3 is 2.48 bits per heavy atom. The quantitative estimate of drug-likeness (QED) is 0.547. The fourth-order valence-electron chi connectivity index (χ4n) is 2.75. The predicted molar refractivity (Wildman–Crippen MR) is 102 cm³/mol. The predicted octanol–water partition coefficient (Wildman–Crippen LogP) is 3.75. The summed E-state index contributed by atoms with van der Waals surface area (Å²) in [7, 11) is 0. The number of carbonyl (C=O) groups is 1. The number of aliphatic imine (C=N–C) groups is 1. The van der Waals surface area contributed by atoms with Gasteiger partial charge in [-0.25, -0.2) is 9.98 Å². The van der Waals surface area contributed by atoms with Crippen molar-refractivity contribution in [3.05, 3.63) is 77.0 Å². The number of nitrogens with one attached hydrogen (secondary N) is 2. The number of pyridine rings is 1. The van der Waals surface area contributed by atoms with Crippen LogP contribution in [0.25, 0.3) is 11.1 Å². The van der Waals surface area contributed by atoms with Gasteiger partial charge in [-0.3, -0.25) is 14.9 Å². The third-order valence-electron chi connectivity index (χ3n) is 4.02. The van der Waals surface area contributed by atoms with Gasteiger partial charge in [0.1, 0.15) is 12.0 Å². The number of aromatic nitrogens is 1. The molecule has 1 amide bonds. The van der Waals surface area contributed by atoms with Gasteiger partial charge in [-0.2, -0.15) is 0 Å². The number of para-hydroxylation sites is 2. The van der Waals surface area contributed by atoms with Crippen LogP contribution in [-0.4, -0.2) is 21.7 Å². The lowest BCUT2D eigenvalue weighted by atomic mass is 10.0. The van der Waals surface area contributed by atoms with Crippen LogP contribution in [0.4, 0.5) is 22.9 Å². The van der Waals surface area contributed by atoms with E-state index in [1.165, 1.54) is 12.1 Å². The van der Waals surface area contributed by atoms with E-state index in [1.807, 2.05) is 48.5 Å². The molecule has 27 heavy (non-hydrogen) atoms. The van der Waals surface area contributed by atoms with Crippen LogP contribution in [0, 0.1) is 10.1 Å². The molecule has 0 bridgehead atoms. The van der Waals surface area contributed by atoms with Gasteiger partial charge in [0, 0.05) is 22.9 Å². The molecule has 8 nitrogen and oxygen atoms in total. The van der Waals surface area contributed by atoms with E-state index in [0.717, 1.165) is 23.0 Å². The van der Waals surface area contributed by atoms with Crippen molar-refractivity contribution in [3.63, 3.8) is 0 Å².